The molecule has 1 amide bonds. The van der Waals surface area contributed by atoms with Gasteiger partial charge in [-0.1, -0.05) is 36.4 Å². The predicted molar refractivity (Wildman–Crippen MR) is 115 cm³/mol. The Kier molecular flexibility index (Phi) is 5.34. The normalized spacial score (nSPS) is 12.4. The zero-order valence-corrected chi connectivity index (χ0v) is 16.5. The summed E-state index contributed by atoms with van der Waals surface area (Å²) in [6.45, 7) is 1.59. The van der Waals surface area contributed by atoms with Gasteiger partial charge in [0.05, 0.1) is 12.0 Å². The van der Waals surface area contributed by atoms with Crippen LogP contribution < -0.4 is 15.0 Å². The first-order valence-electron chi connectivity index (χ1n) is 9.61. The molecular weight excluding hydrogens is 382 g/mol. The van der Waals surface area contributed by atoms with Crippen molar-refractivity contribution in [2.24, 2.45) is 0 Å². The van der Waals surface area contributed by atoms with Crippen LogP contribution in [0.3, 0.4) is 0 Å². The monoisotopic (exact) mass is 403 g/mol. The number of hydrogen-bond acceptors (Lipinski definition) is 5. The Morgan fingerprint density at radius 1 is 1.13 bits per heavy atom. The van der Waals surface area contributed by atoms with E-state index in [9.17, 15) is 14.9 Å². The molecule has 0 aromatic heterocycles. The maximum absolute atomic E-state index is 12.8. The number of ether oxygens (including phenoxy) is 1. The van der Waals surface area contributed by atoms with Crippen LogP contribution in [-0.4, -0.2) is 24.5 Å². The Hall–Kier alpha value is -3.87. The van der Waals surface area contributed by atoms with Crippen LogP contribution >= 0.6 is 0 Å². The minimum absolute atomic E-state index is 0.115. The molecule has 7 heteroatoms. The van der Waals surface area contributed by atoms with Crippen molar-refractivity contribution in [1.29, 1.82) is 0 Å². The molecule has 3 aromatic rings. The molecule has 0 radical (unpaired) electrons. The van der Waals surface area contributed by atoms with E-state index in [-0.39, 0.29) is 17.0 Å². The Morgan fingerprint density at radius 2 is 1.90 bits per heavy atom. The largest absolute Gasteiger partial charge is 0.490 e. The molecule has 0 unspecified atom stereocenters. The van der Waals surface area contributed by atoms with Crippen LogP contribution in [-0.2, 0) is 13.0 Å². The summed E-state index contributed by atoms with van der Waals surface area (Å²) in [5.74, 6) is -0.292. The number of nitrogens with one attached hydrogen (secondary N) is 1. The SMILES string of the molecule is COc1ccc(C(=O)Nc2ccccc2CN2CCc3ccccc32)cc1[N+](=O)[O-]. The van der Waals surface area contributed by atoms with Gasteiger partial charge in [0.15, 0.2) is 5.75 Å². The minimum atomic E-state index is -0.561. The number of fused-ring (bicyclic) bond motifs is 1. The second-order valence-electron chi connectivity index (χ2n) is 7.06. The molecule has 0 bridgehead atoms. The van der Waals surface area contributed by atoms with E-state index in [1.165, 1.54) is 36.6 Å². The number of anilines is 2. The lowest BCUT2D eigenvalue weighted by Gasteiger charge is -2.21. The summed E-state index contributed by atoms with van der Waals surface area (Å²) in [5.41, 5.74) is 4.15. The zero-order chi connectivity index (χ0) is 21.1. The third kappa shape index (κ3) is 3.82. The quantitative estimate of drug-likeness (QED) is 0.487. The van der Waals surface area contributed by atoms with Gasteiger partial charge >= 0.3 is 5.69 Å². The third-order valence-electron chi connectivity index (χ3n) is 5.25. The average molecular weight is 403 g/mol. The molecule has 0 spiro atoms. The van der Waals surface area contributed by atoms with Crippen LogP contribution in [0.5, 0.6) is 5.75 Å². The topological polar surface area (TPSA) is 84.7 Å². The van der Waals surface area contributed by atoms with Crippen molar-refractivity contribution in [2.45, 2.75) is 13.0 Å². The van der Waals surface area contributed by atoms with E-state index in [0.29, 0.717) is 12.2 Å². The Morgan fingerprint density at radius 3 is 2.70 bits per heavy atom. The van der Waals surface area contributed by atoms with Gasteiger partial charge in [0.25, 0.3) is 5.91 Å². The molecule has 1 N–H and O–H groups in total. The summed E-state index contributed by atoms with van der Waals surface area (Å²) in [4.78, 5) is 25.8. The minimum Gasteiger partial charge on any atom is -0.490 e. The smallest absolute Gasteiger partial charge is 0.311 e. The van der Waals surface area contributed by atoms with E-state index in [1.807, 2.05) is 36.4 Å². The summed E-state index contributed by atoms with van der Waals surface area (Å²) < 4.78 is 5.00. The van der Waals surface area contributed by atoms with E-state index in [4.69, 9.17) is 4.74 Å². The van der Waals surface area contributed by atoms with Crippen LogP contribution in [0.25, 0.3) is 0 Å². The highest BCUT2D eigenvalue weighted by Crippen LogP contribution is 2.31. The van der Waals surface area contributed by atoms with Crippen molar-refractivity contribution in [1.82, 2.24) is 0 Å². The maximum Gasteiger partial charge on any atom is 0.311 e. The number of amides is 1. The van der Waals surface area contributed by atoms with E-state index < -0.39 is 10.8 Å². The van der Waals surface area contributed by atoms with Gasteiger partial charge in [-0.25, -0.2) is 0 Å². The number of nitrogens with zero attached hydrogens (tertiary/aromatic N) is 2. The van der Waals surface area contributed by atoms with Crippen molar-refractivity contribution in [2.75, 3.05) is 23.9 Å². The summed E-state index contributed by atoms with van der Waals surface area (Å²) in [6, 6.07) is 20.1. The highest BCUT2D eigenvalue weighted by atomic mass is 16.6. The summed E-state index contributed by atoms with van der Waals surface area (Å²) in [6.07, 6.45) is 1.00. The van der Waals surface area contributed by atoms with Crippen molar-refractivity contribution in [3.8, 4) is 5.75 Å². The second-order valence-corrected chi connectivity index (χ2v) is 7.06. The van der Waals surface area contributed by atoms with E-state index in [1.54, 1.807) is 0 Å². The molecule has 30 heavy (non-hydrogen) atoms. The number of nitro benzene ring substituents is 1. The fourth-order valence-electron chi connectivity index (χ4n) is 3.72. The Balaban J connectivity index is 1.56. The highest BCUT2D eigenvalue weighted by Gasteiger charge is 2.21. The molecule has 0 aliphatic carbocycles. The van der Waals surface area contributed by atoms with Gasteiger partial charge in [-0.15, -0.1) is 0 Å². The number of hydrogen-bond donors (Lipinski definition) is 1. The molecule has 1 aliphatic rings. The molecule has 1 heterocycles. The first-order valence-corrected chi connectivity index (χ1v) is 9.61. The number of rotatable bonds is 6. The third-order valence-corrected chi connectivity index (χ3v) is 5.25. The number of carbonyl (C=O) groups excluding carboxylic acids is 1. The van der Waals surface area contributed by atoms with Crippen LogP contribution in [0.2, 0.25) is 0 Å². The number of methoxy groups -OCH3 is 1. The number of para-hydroxylation sites is 2. The Bertz CT molecular complexity index is 1110. The zero-order valence-electron chi connectivity index (χ0n) is 16.5. The van der Waals surface area contributed by atoms with Crippen LogP contribution in [0.1, 0.15) is 21.5 Å². The fourth-order valence-corrected chi connectivity index (χ4v) is 3.72. The van der Waals surface area contributed by atoms with Crippen molar-refractivity contribution in [3.63, 3.8) is 0 Å². The lowest BCUT2D eigenvalue weighted by atomic mass is 10.1. The molecule has 0 atom stereocenters. The van der Waals surface area contributed by atoms with Crippen molar-refractivity contribution >= 4 is 23.0 Å². The van der Waals surface area contributed by atoms with E-state index in [2.05, 4.69) is 22.3 Å². The van der Waals surface area contributed by atoms with Gasteiger partial charge in [0.2, 0.25) is 0 Å². The fraction of sp³-hybridized carbons (Fsp3) is 0.174. The molecule has 0 fully saturated rings. The van der Waals surface area contributed by atoms with Crippen molar-refractivity contribution in [3.05, 3.63) is 93.5 Å². The molecular formula is C23H21N3O4. The van der Waals surface area contributed by atoms with E-state index >= 15 is 0 Å². The highest BCUT2D eigenvalue weighted by molar-refractivity contribution is 6.05. The van der Waals surface area contributed by atoms with Gasteiger partial charge < -0.3 is 15.0 Å². The van der Waals surface area contributed by atoms with Crippen LogP contribution in [0, 0.1) is 10.1 Å². The van der Waals surface area contributed by atoms with Gasteiger partial charge in [-0.3, -0.25) is 14.9 Å². The summed E-state index contributed by atoms with van der Waals surface area (Å²) in [5, 5.41) is 14.1. The molecule has 3 aromatic carbocycles. The van der Waals surface area contributed by atoms with Gasteiger partial charge in [-0.2, -0.15) is 0 Å². The molecule has 0 saturated heterocycles. The summed E-state index contributed by atoms with van der Waals surface area (Å²) >= 11 is 0. The maximum atomic E-state index is 12.8. The van der Waals surface area contributed by atoms with Gasteiger partial charge in [0.1, 0.15) is 0 Å². The molecule has 1 aliphatic heterocycles. The Labute approximate surface area is 174 Å². The molecule has 4 rings (SSSR count). The van der Waals surface area contributed by atoms with E-state index in [0.717, 1.165) is 18.5 Å². The number of carbonyl (C=O) groups is 1. The molecule has 0 saturated carbocycles. The lowest BCUT2D eigenvalue weighted by Crippen LogP contribution is -2.21. The number of nitro groups is 1. The predicted octanol–water partition coefficient (Wildman–Crippen LogP) is 4.42. The molecule has 7 nitrogen and oxygen atoms in total. The van der Waals surface area contributed by atoms with Gasteiger partial charge in [0, 0.05) is 36.1 Å². The number of benzene rings is 3. The first kappa shape index (κ1) is 19.4. The lowest BCUT2D eigenvalue weighted by molar-refractivity contribution is -0.385. The standard InChI is InChI=1S/C23H21N3O4/c1-30-22-11-10-17(14-21(22)26(28)29)23(27)24-19-8-4-2-7-18(19)15-25-13-12-16-6-3-5-9-20(16)25/h2-11,14H,12-13,15H2,1H3,(H,24,27). The van der Waals surface area contributed by atoms with Crippen LogP contribution in [0.4, 0.5) is 17.1 Å². The van der Waals surface area contributed by atoms with Crippen LogP contribution in [0.15, 0.2) is 66.7 Å². The molecule has 152 valence electrons. The van der Waals surface area contributed by atoms with Gasteiger partial charge in [-0.05, 0) is 41.8 Å². The average Bonchev–Trinajstić information content (AvgIpc) is 3.17. The second kappa shape index (κ2) is 8.24. The summed E-state index contributed by atoms with van der Waals surface area (Å²) in [7, 11) is 1.36. The first-order chi connectivity index (χ1) is 14.6. The van der Waals surface area contributed by atoms with Crippen molar-refractivity contribution < 1.29 is 14.5 Å².